The Morgan fingerprint density at radius 1 is 0.339 bits per heavy atom. The fourth-order valence-electron chi connectivity index (χ4n) is 9.83. The number of thiophene rings is 1. The summed E-state index contributed by atoms with van der Waals surface area (Å²) in [6, 6.07) is 83.5. The van der Waals surface area contributed by atoms with E-state index >= 15 is 0 Å². The number of rotatable bonds is 7. The van der Waals surface area contributed by atoms with E-state index in [9.17, 15) is 0 Å². The van der Waals surface area contributed by atoms with Crippen LogP contribution in [-0.4, -0.2) is 9.97 Å². The Morgan fingerprint density at radius 3 is 1.66 bits per heavy atom. The van der Waals surface area contributed by atoms with Gasteiger partial charge >= 0.3 is 0 Å². The van der Waals surface area contributed by atoms with E-state index in [1.165, 1.54) is 64.7 Å². The monoisotopic (exact) mass is 806 g/mol. The van der Waals surface area contributed by atoms with Crippen molar-refractivity contribution in [3.8, 4) is 67.3 Å². The molecular formula is C59H38N2S. The highest BCUT2D eigenvalue weighted by molar-refractivity contribution is 7.26. The van der Waals surface area contributed by atoms with Gasteiger partial charge in [0.15, 0.2) is 5.82 Å². The van der Waals surface area contributed by atoms with Gasteiger partial charge in [-0.15, -0.1) is 11.3 Å². The van der Waals surface area contributed by atoms with Crippen molar-refractivity contribution in [2.45, 2.75) is 5.41 Å². The van der Waals surface area contributed by atoms with Gasteiger partial charge in [-0.3, -0.25) is 0 Å². The van der Waals surface area contributed by atoms with E-state index < -0.39 is 5.41 Å². The molecule has 9 aromatic carbocycles. The van der Waals surface area contributed by atoms with E-state index in [4.69, 9.17) is 9.97 Å². The molecule has 0 N–H and O–H groups in total. The molecule has 0 amide bonds. The van der Waals surface area contributed by atoms with Crippen LogP contribution >= 0.6 is 11.3 Å². The Bertz CT molecular complexity index is 3410. The highest BCUT2D eigenvalue weighted by Gasteiger charge is 2.47. The fourth-order valence-corrected chi connectivity index (χ4v) is 11.1. The van der Waals surface area contributed by atoms with Crippen molar-refractivity contribution in [2.75, 3.05) is 0 Å². The molecule has 290 valence electrons. The van der Waals surface area contributed by atoms with Crippen molar-refractivity contribution in [3.05, 3.63) is 253 Å². The molecule has 11 aromatic rings. The van der Waals surface area contributed by atoms with Crippen molar-refractivity contribution in [3.63, 3.8) is 0 Å². The number of nitrogens with zero attached hydrogens (tertiary/aromatic N) is 2. The molecule has 0 spiro atoms. The van der Waals surface area contributed by atoms with Gasteiger partial charge in [-0.25, -0.2) is 9.97 Å². The Balaban J connectivity index is 1.05. The van der Waals surface area contributed by atoms with E-state index in [0.717, 1.165) is 39.2 Å². The zero-order valence-electron chi connectivity index (χ0n) is 33.7. The van der Waals surface area contributed by atoms with Crippen LogP contribution in [0, 0.1) is 0 Å². The molecule has 0 fully saturated rings. The first-order valence-electron chi connectivity index (χ1n) is 21.1. The molecule has 0 atom stereocenters. The second kappa shape index (κ2) is 14.8. The number of fused-ring (bicyclic) bond motifs is 6. The average molecular weight is 807 g/mol. The lowest BCUT2D eigenvalue weighted by atomic mass is 9.67. The number of hydrogen-bond donors (Lipinski definition) is 0. The Morgan fingerprint density at radius 2 is 0.903 bits per heavy atom. The molecule has 2 heterocycles. The topological polar surface area (TPSA) is 25.8 Å². The van der Waals surface area contributed by atoms with Crippen LogP contribution in [0.25, 0.3) is 87.5 Å². The van der Waals surface area contributed by atoms with Gasteiger partial charge in [0.1, 0.15) is 0 Å². The quantitative estimate of drug-likeness (QED) is 0.160. The summed E-state index contributed by atoms with van der Waals surface area (Å²) in [4.78, 5) is 10.5. The van der Waals surface area contributed by atoms with Gasteiger partial charge in [-0.05, 0) is 79.9 Å². The Kier molecular flexibility index (Phi) is 8.62. The lowest BCUT2D eigenvalue weighted by Gasteiger charge is -2.34. The molecule has 1 aliphatic rings. The van der Waals surface area contributed by atoms with E-state index in [-0.39, 0.29) is 0 Å². The summed E-state index contributed by atoms with van der Waals surface area (Å²) in [5.41, 5.74) is 16.8. The molecule has 0 saturated carbocycles. The summed E-state index contributed by atoms with van der Waals surface area (Å²) in [7, 11) is 0. The summed E-state index contributed by atoms with van der Waals surface area (Å²) in [5, 5.41) is 2.53. The molecule has 0 bridgehead atoms. The average Bonchev–Trinajstić information content (AvgIpc) is 3.89. The molecular weight excluding hydrogens is 769 g/mol. The second-order valence-corrected chi connectivity index (χ2v) is 17.1. The van der Waals surface area contributed by atoms with Crippen LogP contribution in [0.2, 0.25) is 0 Å². The van der Waals surface area contributed by atoms with Crippen LogP contribution in [0.4, 0.5) is 0 Å². The molecule has 0 radical (unpaired) electrons. The summed E-state index contributed by atoms with van der Waals surface area (Å²) >= 11 is 1.83. The van der Waals surface area contributed by atoms with Gasteiger partial charge in [0.25, 0.3) is 0 Å². The molecule has 3 heteroatoms. The van der Waals surface area contributed by atoms with Crippen molar-refractivity contribution >= 4 is 31.5 Å². The zero-order valence-corrected chi connectivity index (χ0v) is 34.6. The normalized spacial score (nSPS) is 12.6. The lowest BCUT2D eigenvalue weighted by Crippen LogP contribution is -2.28. The third-order valence-electron chi connectivity index (χ3n) is 12.6. The van der Waals surface area contributed by atoms with E-state index in [1.807, 2.05) is 17.4 Å². The maximum Gasteiger partial charge on any atom is 0.160 e. The first-order valence-corrected chi connectivity index (χ1v) is 22.0. The SMILES string of the molecule is c1ccc(-c2nc(-c3cccc(-c4ccc5c(c4)C(c4ccccc4)(c4ccccc4)c4cccc(-c6ccccc6)c4-5)c3)cc(-c3cccc4c3sc3ccccc34)n2)cc1. The smallest absolute Gasteiger partial charge is 0.160 e. The fraction of sp³-hybridized carbons (Fsp3) is 0.0169. The third-order valence-corrected chi connectivity index (χ3v) is 13.8. The highest BCUT2D eigenvalue weighted by Crippen LogP contribution is 2.59. The minimum atomic E-state index is -0.536. The molecule has 1 aliphatic carbocycles. The molecule has 62 heavy (non-hydrogen) atoms. The molecule has 2 aromatic heterocycles. The minimum absolute atomic E-state index is 0.536. The van der Waals surface area contributed by atoms with Crippen molar-refractivity contribution in [1.29, 1.82) is 0 Å². The van der Waals surface area contributed by atoms with Crippen molar-refractivity contribution in [2.24, 2.45) is 0 Å². The molecule has 0 saturated heterocycles. The van der Waals surface area contributed by atoms with Crippen LogP contribution in [0.1, 0.15) is 22.3 Å². The van der Waals surface area contributed by atoms with Crippen molar-refractivity contribution in [1.82, 2.24) is 9.97 Å². The van der Waals surface area contributed by atoms with Crippen LogP contribution in [0.15, 0.2) is 231 Å². The van der Waals surface area contributed by atoms with Gasteiger partial charge in [-0.2, -0.15) is 0 Å². The zero-order chi connectivity index (χ0) is 41.0. The van der Waals surface area contributed by atoms with Gasteiger partial charge < -0.3 is 0 Å². The van der Waals surface area contributed by atoms with Gasteiger partial charge in [0, 0.05) is 36.9 Å². The lowest BCUT2D eigenvalue weighted by molar-refractivity contribution is 0.769. The highest BCUT2D eigenvalue weighted by atomic mass is 32.1. The van der Waals surface area contributed by atoms with Crippen molar-refractivity contribution < 1.29 is 0 Å². The molecule has 0 aliphatic heterocycles. The third kappa shape index (κ3) is 5.78. The Labute approximate surface area is 365 Å². The first kappa shape index (κ1) is 36.2. The number of benzene rings is 9. The van der Waals surface area contributed by atoms with Gasteiger partial charge in [-0.1, -0.05) is 206 Å². The summed E-state index contributed by atoms with van der Waals surface area (Å²) < 4.78 is 2.51. The second-order valence-electron chi connectivity index (χ2n) is 16.0. The largest absolute Gasteiger partial charge is 0.228 e. The maximum absolute atomic E-state index is 5.28. The molecule has 12 rings (SSSR count). The Hall–Kier alpha value is -7.72. The van der Waals surface area contributed by atoms with Crippen LogP contribution in [-0.2, 0) is 5.41 Å². The first-order chi connectivity index (χ1) is 30.7. The van der Waals surface area contributed by atoms with Gasteiger partial charge in [0.2, 0.25) is 0 Å². The van der Waals surface area contributed by atoms with E-state index in [2.05, 4.69) is 224 Å². The predicted molar refractivity (Wildman–Crippen MR) is 259 cm³/mol. The van der Waals surface area contributed by atoms with E-state index in [1.54, 1.807) is 0 Å². The summed E-state index contributed by atoms with van der Waals surface area (Å²) in [6.07, 6.45) is 0. The standard InChI is InChI=1S/C59H38N2S/c1-5-18-39(19-6-1)46-29-17-32-51-56(46)49-35-34-42(37-52(49)59(51,44-24-9-3-10-25-44)45-26-11-4-12-27-45)41-22-15-23-43(36-41)53-38-54(61-58(60-53)40-20-7-2-8-21-40)50-31-16-30-48-47-28-13-14-33-55(47)62-57(48)50/h1-38H. The number of hydrogen-bond acceptors (Lipinski definition) is 3. The van der Waals surface area contributed by atoms with Crippen LogP contribution in [0.3, 0.4) is 0 Å². The minimum Gasteiger partial charge on any atom is -0.228 e. The van der Waals surface area contributed by atoms with Crippen LogP contribution in [0.5, 0.6) is 0 Å². The number of aromatic nitrogens is 2. The molecule has 2 nitrogen and oxygen atoms in total. The van der Waals surface area contributed by atoms with Crippen LogP contribution < -0.4 is 0 Å². The van der Waals surface area contributed by atoms with Gasteiger partial charge in [0.05, 0.1) is 16.8 Å². The summed E-state index contributed by atoms with van der Waals surface area (Å²) in [5.74, 6) is 0.710. The predicted octanol–water partition coefficient (Wildman–Crippen LogP) is 15.5. The summed E-state index contributed by atoms with van der Waals surface area (Å²) in [6.45, 7) is 0. The van der Waals surface area contributed by atoms with E-state index in [0.29, 0.717) is 5.82 Å². The molecule has 0 unspecified atom stereocenters. The maximum atomic E-state index is 5.28.